The summed E-state index contributed by atoms with van der Waals surface area (Å²) >= 11 is 0. The number of anilines is 1. The molecular weight excluding hydrogens is 250 g/mol. The van der Waals surface area contributed by atoms with Crippen LogP contribution in [0.4, 0.5) is 5.69 Å². The molecule has 1 aromatic rings. The number of sulfonamides is 1. The number of rotatable bonds is 5. The van der Waals surface area contributed by atoms with E-state index in [1.54, 1.807) is 32.2 Å². The van der Waals surface area contributed by atoms with Crippen LogP contribution in [-0.4, -0.2) is 51.9 Å². The van der Waals surface area contributed by atoms with Gasteiger partial charge in [-0.05, 0) is 38.7 Å². The van der Waals surface area contributed by atoms with E-state index in [-0.39, 0.29) is 4.90 Å². The maximum absolute atomic E-state index is 12.4. The second kappa shape index (κ2) is 5.69. The average molecular weight is 271 g/mol. The van der Waals surface area contributed by atoms with Gasteiger partial charge < -0.3 is 10.6 Å². The lowest BCUT2D eigenvalue weighted by Gasteiger charge is -2.20. The van der Waals surface area contributed by atoms with Crippen LogP contribution in [0.5, 0.6) is 0 Å². The van der Waals surface area contributed by atoms with Crippen molar-refractivity contribution in [3.05, 3.63) is 23.8 Å². The highest BCUT2D eigenvalue weighted by atomic mass is 32.2. The Bertz CT molecular complexity index is 512. The van der Waals surface area contributed by atoms with E-state index in [0.29, 0.717) is 24.3 Å². The zero-order valence-electron chi connectivity index (χ0n) is 11.3. The number of hydrogen-bond acceptors (Lipinski definition) is 4. The van der Waals surface area contributed by atoms with Gasteiger partial charge in [-0.1, -0.05) is 6.07 Å². The van der Waals surface area contributed by atoms with Crippen molar-refractivity contribution in [2.45, 2.75) is 11.8 Å². The summed E-state index contributed by atoms with van der Waals surface area (Å²) in [4.78, 5) is 2.22. The van der Waals surface area contributed by atoms with Crippen LogP contribution in [0, 0.1) is 6.92 Å². The van der Waals surface area contributed by atoms with Crippen LogP contribution in [0.2, 0.25) is 0 Å². The third kappa shape index (κ3) is 3.22. The molecule has 0 saturated heterocycles. The molecule has 0 radical (unpaired) electrons. The standard InChI is InChI=1S/C12H21N3O2S/c1-10-11(13)6-5-7-12(10)18(16,17)15(4)9-8-14(2)3/h5-7H,8-9,13H2,1-4H3. The smallest absolute Gasteiger partial charge is 0.243 e. The molecule has 0 fully saturated rings. The molecule has 5 nitrogen and oxygen atoms in total. The molecule has 0 spiro atoms. The Morgan fingerprint density at radius 2 is 1.78 bits per heavy atom. The molecule has 6 heteroatoms. The molecule has 0 heterocycles. The highest BCUT2D eigenvalue weighted by molar-refractivity contribution is 7.89. The summed E-state index contributed by atoms with van der Waals surface area (Å²) in [5.74, 6) is 0. The number of benzene rings is 1. The van der Waals surface area contributed by atoms with Crippen molar-refractivity contribution in [1.82, 2.24) is 9.21 Å². The van der Waals surface area contributed by atoms with Crippen molar-refractivity contribution in [2.75, 3.05) is 40.0 Å². The zero-order chi connectivity index (χ0) is 13.9. The highest BCUT2D eigenvalue weighted by Gasteiger charge is 2.23. The number of nitrogen functional groups attached to an aromatic ring is 1. The molecule has 0 bridgehead atoms. The van der Waals surface area contributed by atoms with Crippen molar-refractivity contribution in [3.63, 3.8) is 0 Å². The van der Waals surface area contributed by atoms with E-state index in [1.807, 2.05) is 19.0 Å². The molecule has 0 aliphatic heterocycles. The molecular formula is C12H21N3O2S. The van der Waals surface area contributed by atoms with E-state index < -0.39 is 10.0 Å². The maximum atomic E-state index is 12.4. The lowest BCUT2D eigenvalue weighted by atomic mass is 10.2. The van der Waals surface area contributed by atoms with E-state index in [4.69, 9.17) is 5.73 Å². The minimum absolute atomic E-state index is 0.281. The molecule has 0 aliphatic rings. The van der Waals surface area contributed by atoms with E-state index in [1.165, 1.54) is 4.31 Å². The topological polar surface area (TPSA) is 66.6 Å². The fourth-order valence-electron chi connectivity index (χ4n) is 1.54. The SMILES string of the molecule is Cc1c(N)cccc1S(=O)(=O)N(C)CCN(C)C. The number of nitrogens with two attached hydrogens (primary N) is 1. The van der Waals surface area contributed by atoms with Gasteiger partial charge in [0.2, 0.25) is 10.0 Å². The normalized spacial score (nSPS) is 12.3. The van der Waals surface area contributed by atoms with Gasteiger partial charge >= 0.3 is 0 Å². The van der Waals surface area contributed by atoms with Gasteiger partial charge in [-0.2, -0.15) is 4.31 Å². The fourth-order valence-corrected chi connectivity index (χ4v) is 2.95. The molecule has 1 rings (SSSR count). The number of likely N-dealkylation sites (N-methyl/N-ethyl adjacent to an activating group) is 2. The van der Waals surface area contributed by atoms with E-state index >= 15 is 0 Å². The molecule has 0 atom stereocenters. The van der Waals surface area contributed by atoms with Crippen LogP contribution >= 0.6 is 0 Å². The van der Waals surface area contributed by atoms with E-state index in [9.17, 15) is 8.42 Å². The van der Waals surface area contributed by atoms with Gasteiger partial charge in [0.15, 0.2) is 0 Å². The Hall–Kier alpha value is -1.11. The van der Waals surface area contributed by atoms with Crippen molar-refractivity contribution in [3.8, 4) is 0 Å². The molecule has 0 unspecified atom stereocenters. The fraction of sp³-hybridized carbons (Fsp3) is 0.500. The first-order chi connectivity index (χ1) is 8.26. The van der Waals surface area contributed by atoms with Crippen LogP contribution in [-0.2, 0) is 10.0 Å². The Balaban J connectivity index is 3.02. The quantitative estimate of drug-likeness (QED) is 0.803. The van der Waals surface area contributed by atoms with E-state index in [0.717, 1.165) is 0 Å². The summed E-state index contributed by atoms with van der Waals surface area (Å²) in [6.07, 6.45) is 0. The van der Waals surface area contributed by atoms with Gasteiger partial charge in [-0.25, -0.2) is 8.42 Å². The Morgan fingerprint density at radius 3 is 2.33 bits per heavy atom. The molecule has 1 aromatic carbocycles. The molecule has 18 heavy (non-hydrogen) atoms. The summed E-state index contributed by atoms with van der Waals surface area (Å²) in [5.41, 5.74) is 6.85. The summed E-state index contributed by atoms with van der Waals surface area (Å²) in [7, 11) is 1.94. The molecule has 0 amide bonds. The monoisotopic (exact) mass is 271 g/mol. The molecule has 2 N–H and O–H groups in total. The van der Waals surface area contributed by atoms with Crippen LogP contribution in [0.25, 0.3) is 0 Å². The van der Waals surface area contributed by atoms with Gasteiger partial charge in [0, 0.05) is 25.8 Å². The average Bonchev–Trinajstić information content (AvgIpc) is 2.29. The third-order valence-electron chi connectivity index (χ3n) is 2.88. The lowest BCUT2D eigenvalue weighted by Crippen LogP contribution is -2.33. The van der Waals surface area contributed by atoms with Gasteiger partial charge in [-0.15, -0.1) is 0 Å². The lowest BCUT2D eigenvalue weighted by molar-refractivity contribution is 0.358. The molecule has 0 aromatic heterocycles. The van der Waals surface area contributed by atoms with Crippen LogP contribution in [0.15, 0.2) is 23.1 Å². The first kappa shape index (κ1) is 14.9. The van der Waals surface area contributed by atoms with Crippen LogP contribution < -0.4 is 5.73 Å². The summed E-state index contributed by atoms with van der Waals surface area (Å²) in [5, 5.41) is 0. The zero-order valence-corrected chi connectivity index (χ0v) is 12.2. The van der Waals surface area contributed by atoms with Crippen molar-refractivity contribution in [2.24, 2.45) is 0 Å². The summed E-state index contributed by atoms with van der Waals surface area (Å²) < 4.78 is 26.1. The van der Waals surface area contributed by atoms with Gasteiger partial charge in [0.1, 0.15) is 0 Å². The summed E-state index contributed by atoms with van der Waals surface area (Å²) in [6, 6.07) is 4.95. The van der Waals surface area contributed by atoms with Gasteiger partial charge in [0.05, 0.1) is 4.90 Å². The van der Waals surface area contributed by atoms with Crippen molar-refractivity contribution >= 4 is 15.7 Å². The largest absolute Gasteiger partial charge is 0.398 e. The number of nitrogens with zero attached hydrogens (tertiary/aromatic N) is 2. The Labute approximate surface area is 109 Å². The maximum Gasteiger partial charge on any atom is 0.243 e. The van der Waals surface area contributed by atoms with Crippen molar-refractivity contribution < 1.29 is 8.42 Å². The Kier molecular flexibility index (Phi) is 4.72. The predicted molar refractivity (Wildman–Crippen MR) is 74.0 cm³/mol. The Morgan fingerprint density at radius 1 is 1.17 bits per heavy atom. The van der Waals surface area contributed by atoms with E-state index in [2.05, 4.69) is 0 Å². The van der Waals surface area contributed by atoms with Crippen molar-refractivity contribution in [1.29, 1.82) is 0 Å². The number of hydrogen-bond donors (Lipinski definition) is 1. The van der Waals surface area contributed by atoms with Crippen LogP contribution in [0.3, 0.4) is 0 Å². The van der Waals surface area contributed by atoms with Gasteiger partial charge in [-0.3, -0.25) is 0 Å². The minimum atomic E-state index is -3.46. The van der Waals surface area contributed by atoms with Crippen LogP contribution in [0.1, 0.15) is 5.56 Å². The first-order valence-electron chi connectivity index (χ1n) is 5.73. The first-order valence-corrected chi connectivity index (χ1v) is 7.17. The minimum Gasteiger partial charge on any atom is -0.398 e. The second-order valence-electron chi connectivity index (χ2n) is 4.60. The van der Waals surface area contributed by atoms with Gasteiger partial charge in [0.25, 0.3) is 0 Å². The third-order valence-corrected chi connectivity index (χ3v) is 4.88. The summed E-state index contributed by atoms with van der Waals surface area (Å²) in [6.45, 7) is 2.85. The second-order valence-corrected chi connectivity index (χ2v) is 6.61. The molecule has 102 valence electrons. The molecule has 0 aliphatic carbocycles. The predicted octanol–water partition coefficient (Wildman–Crippen LogP) is 0.759. The highest BCUT2D eigenvalue weighted by Crippen LogP contribution is 2.22. The molecule has 0 saturated carbocycles.